The Morgan fingerprint density at radius 3 is 1.65 bits per heavy atom. The molecule has 1 nitrogen and oxygen atoms in total. The smallest absolute Gasteiger partial charge is 0.0398 e. The molecule has 94 valence electrons. The molecule has 0 saturated heterocycles. The molecule has 1 aromatic rings. The summed E-state index contributed by atoms with van der Waals surface area (Å²) >= 11 is 0.755. The average Bonchev–Trinajstić information content (AvgIpc) is 2.22. The molecule has 0 amide bonds. The first kappa shape index (κ1) is 16.6. The van der Waals surface area contributed by atoms with Gasteiger partial charge in [0, 0.05) is 0 Å². The molecule has 0 aromatic heterocycles. The Morgan fingerprint density at radius 1 is 0.941 bits per heavy atom. The Balaban J connectivity index is 0.000000302. The predicted molar refractivity (Wildman–Crippen MR) is 75.7 cm³/mol. The quantitative estimate of drug-likeness (QED) is 0.741. The summed E-state index contributed by atoms with van der Waals surface area (Å²) in [5, 5.41) is 13.4. The van der Waals surface area contributed by atoms with Crippen LogP contribution in [-0.4, -0.2) is 15.2 Å². The first-order valence-corrected chi connectivity index (χ1v) is 8.10. The third kappa shape index (κ3) is 11.8. The van der Waals surface area contributed by atoms with Crippen LogP contribution < -0.4 is 5.11 Å². The summed E-state index contributed by atoms with van der Waals surface area (Å²) in [6.45, 7) is 11.2. The van der Waals surface area contributed by atoms with Crippen molar-refractivity contribution in [2.45, 2.75) is 45.2 Å². The fourth-order valence-electron chi connectivity index (χ4n) is 1.30. The molecule has 0 saturated carbocycles. The number of benzene rings is 1. The summed E-state index contributed by atoms with van der Waals surface area (Å²) in [5.74, 6) is 1.94. The molecule has 0 unspecified atom stereocenters. The molecule has 0 bridgehead atoms. The van der Waals surface area contributed by atoms with Gasteiger partial charge in [-0.1, -0.05) is 29.8 Å². The van der Waals surface area contributed by atoms with E-state index in [-0.39, 0.29) is 5.75 Å². The molecule has 0 atom stereocenters. The molecule has 17 heavy (non-hydrogen) atoms. The Morgan fingerprint density at radius 2 is 1.35 bits per heavy atom. The number of aryl methyl sites for hydroxylation is 1. The third-order valence-corrected chi connectivity index (χ3v) is 4.85. The molecule has 0 aliphatic carbocycles. The van der Waals surface area contributed by atoms with Crippen molar-refractivity contribution in [1.29, 1.82) is 0 Å². The van der Waals surface area contributed by atoms with Gasteiger partial charge in [0.2, 0.25) is 0 Å². The van der Waals surface area contributed by atoms with Gasteiger partial charge in [0.15, 0.2) is 0 Å². The van der Waals surface area contributed by atoms with Crippen molar-refractivity contribution in [1.82, 2.24) is 0 Å². The van der Waals surface area contributed by atoms with Gasteiger partial charge in [0.25, 0.3) is 0 Å². The van der Waals surface area contributed by atoms with Gasteiger partial charge in [0.05, 0.1) is 0 Å². The monoisotopic (exact) mass is 248 g/mol. The molecule has 0 spiro atoms. The van der Waals surface area contributed by atoms with Crippen LogP contribution in [0.1, 0.15) is 33.3 Å². The minimum Gasteiger partial charge on any atom is -0.872 e. The van der Waals surface area contributed by atoms with Crippen molar-refractivity contribution >= 4 is 15.2 Å². The van der Waals surface area contributed by atoms with Gasteiger partial charge in [-0.15, -0.1) is 5.75 Å². The van der Waals surface area contributed by atoms with Crippen LogP contribution in [0.4, 0.5) is 0 Å². The second kappa shape index (κ2) is 9.57. The first-order valence-electron chi connectivity index (χ1n) is 6.47. The molecular weight excluding hydrogens is 223 g/mol. The van der Waals surface area contributed by atoms with E-state index in [9.17, 15) is 5.11 Å². The van der Waals surface area contributed by atoms with Crippen molar-refractivity contribution in [2.75, 3.05) is 0 Å². The van der Waals surface area contributed by atoms with Crippen molar-refractivity contribution in [3.05, 3.63) is 29.8 Å². The van der Waals surface area contributed by atoms with Crippen LogP contribution in [0.25, 0.3) is 0 Å². The van der Waals surface area contributed by atoms with Crippen molar-refractivity contribution in [2.24, 2.45) is 11.8 Å². The Bertz CT molecular complexity index is 248. The zero-order chi connectivity index (χ0) is 13.3. The van der Waals surface area contributed by atoms with Crippen LogP contribution in [0.3, 0.4) is 0 Å². The summed E-state index contributed by atoms with van der Waals surface area (Å²) in [5.41, 5.74) is 1.13. The molecule has 0 heterocycles. The van der Waals surface area contributed by atoms with Crippen molar-refractivity contribution < 1.29 is 5.11 Å². The van der Waals surface area contributed by atoms with Gasteiger partial charge in [-0.3, -0.25) is 0 Å². The minimum atomic E-state index is 0.0793. The maximum atomic E-state index is 10.4. The zero-order valence-corrected chi connectivity index (χ0v) is 13.0. The number of rotatable bonds is 4. The molecule has 0 N–H and O–H groups in total. The normalized spacial score (nSPS) is 9.82. The fourth-order valence-corrected chi connectivity index (χ4v) is 2.83. The largest absolute Gasteiger partial charge is 0.872 e. The van der Waals surface area contributed by atoms with E-state index in [0.717, 1.165) is 32.6 Å². The maximum absolute atomic E-state index is 10.4. The molecule has 1 aromatic carbocycles. The van der Waals surface area contributed by atoms with Crippen LogP contribution >= 0.6 is 0 Å². The van der Waals surface area contributed by atoms with Gasteiger partial charge in [-0.2, -0.15) is 0 Å². The number of hydrogen-bond donors (Lipinski definition) is 0. The van der Waals surface area contributed by atoms with E-state index < -0.39 is 0 Å². The first-order chi connectivity index (χ1) is 7.91. The summed E-state index contributed by atoms with van der Waals surface area (Å²) in [6.07, 6.45) is 0. The second-order valence-electron chi connectivity index (χ2n) is 5.36. The van der Waals surface area contributed by atoms with E-state index in [1.54, 1.807) is 12.1 Å². The molecule has 1 rings (SSSR count). The predicted octanol–water partition coefficient (Wildman–Crippen LogP) is 3.91. The van der Waals surface area contributed by atoms with Crippen LogP contribution in [-0.2, 0) is 0 Å². The number of hydrogen-bond acceptors (Lipinski definition) is 1. The van der Waals surface area contributed by atoms with E-state index >= 15 is 0 Å². The Kier molecular flexibility index (Phi) is 9.32. The van der Waals surface area contributed by atoms with E-state index in [0.29, 0.717) is 0 Å². The van der Waals surface area contributed by atoms with E-state index in [1.807, 2.05) is 19.1 Å². The Labute approximate surface area is 113 Å². The summed E-state index contributed by atoms with van der Waals surface area (Å²) < 4.78 is 0. The standard InChI is InChI=1S/C7H8O.2C4H9.Al/c1-6-2-4-7(8)5-3-6;2*1-4(2)3;/h2-5,8H,1H3;2*4H,1H2,2-3H3;/q;;;+1/p-1. The summed E-state index contributed by atoms with van der Waals surface area (Å²) in [6, 6.07) is 6.75. The molecule has 0 radical (unpaired) electrons. The molecule has 0 aliphatic rings. The van der Waals surface area contributed by atoms with Crippen molar-refractivity contribution in [3.8, 4) is 5.75 Å². The van der Waals surface area contributed by atoms with Crippen LogP contribution in [0, 0.1) is 18.8 Å². The van der Waals surface area contributed by atoms with Crippen molar-refractivity contribution in [3.63, 3.8) is 0 Å². The zero-order valence-electron chi connectivity index (χ0n) is 11.9. The van der Waals surface area contributed by atoms with E-state index in [4.69, 9.17) is 0 Å². The van der Waals surface area contributed by atoms with Gasteiger partial charge < -0.3 is 5.11 Å². The average molecular weight is 248 g/mol. The summed E-state index contributed by atoms with van der Waals surface area (Å²) in [7, 11) is 0. The van der Waals surface area contributed by atoms with Gasteiger partial charge in [0.1, 0.15) is 0 Å². The van der Waals surface area contributed by atoms with E-state index in [2.05, 4.69) is 27.7 Å². The molecule has 0 aliphatic heterocycles. The third-order valence-electron chi connectivity index (χ3n) is 2.30. The Hall–Kier alpha value is -0.448. The van der Waals surface area contributed by atoms with Crippen LogP contribution in [0.15, 0.2) is 24.3 Å². The second-order valence-corrected chi connectivity index (χ2v) is 6.88. The van der Waals surface area contributed by atoms with Gasteiger partial charge in [-0.25, -0.2) is 0 Å². The van der Waals surface area contributed by atoms with Crippen LogP contribution in [0.5, 0.6) is 5.75 Å². The van der Waals surface area contributed by atoms with Gasteiger partial charge >= 0.3 is 65.3 Å². The van der Waals surface area contributed by atoms with E-state index in [1.165, 1.54) is 10.6 Å². The maximum Gasteiger partial charge on any atom is -0.0398 e. The summed E-state index contributed by atoms with van der Waals surface area (Å²) in [4.78, 5) is 0. The minimum absolute atomic E-state index is 0.0793. The molecular formula is C15H25AlO. The fraction of sp³-hybridized carbons (Fsp3) is 0.600. The van der Waals surface area contributed by atoms with Gasteiger partial charge in [-0.05, 0) is 6.92 Å². The molecule has 2 heteroatoms. The van der Waals surface area contributed by atoms with Crippen LogP contribution in [0.2, 0.25) is 10.6 Å². The molecule has 0 fully saturated rings. The SMILES string of the molecule is CC(C)[CH2][Al+][CH2]C(C)C.Cc1ccc([O-])cc1. The topological polar surface area (TPSA) is 23.1 Å².